The van der Waals surface area contributed by atoms with E-state index in [9.17, 15) is 4.79 Å². The fraction of sp³-hybridized carbons (Fsp3) is 0.643. The van der Waals surface area contributed by atoms with Crippen molar-refractivity contribution in [2.24, 2.45) is 5.92 Å². The molecule has 0 bridgehead atoms. The first-order valence-electron chi connectivity index (χ1n) is 6.92. The Morgan fingerprint density at radius 2 is 2.26 bits per heavy atom. The van der Waals surface area contributed by atoms with E-state index >= 15 is 0 Å². The molecule has 2 unspecified atom stereocenters. The lowest BCUT2D eigenvalue weighted by molar-refractivity contribution is 0.0587. The van der Waals surface area contributed by atoms with E-state index in [2.05, 4.69) is 26.9 Å². The Morgan fingerprint density at radius 3 is 3.00 bits per heavy atom. The zero-order valence-corrected chi connectivity index (χ0v) is 11.6. The molecule has 1 aromatic rings. The standard InChI is InChI=1S/C14H21N3O2/c1-3-10-6-4-5-7-11(10)16-12-8-9-15-13(17-12)14(18)19-2/h8-11H,3-7H2,1-2H3,(H,15,16,17). The molecular weight excluding hydrogens is 242 g/mol. The van der Waals surface area contributed by atoms with Gasteiger partial charge < -0.3 is 10.1 Å². The fourth-order valence-corrected chi connectivity index (χ4v) is 2.70. The van der Waals surface area contributed by atoms with E-state index in [1.54, 1.807) is 12.3 Å². The summed E-state index contributed by atoms with van der Waals surface area (Å²) in [7, 11) is 1.33. The second kappa shape index (κ2) is 6.50. The van der Waals surface area contributed by atoms with E-state index in [4.69, 9.17) is 0 Å². The Balaban J connectivity index is 2.07. The lowest BCUT2D eigenvalue weighted by Gasteiger charge is -2.31. The first-order chi connectivity index (χ1) is 9.24. The summed E-state index contributed by atoms with van der Waals surface area (Å²) in [5.74, 6) is 1.00. The average molecular weight is 263 g/mol. The van der Waals surface area contributed by atoms with Crippen LogP contribution in [0.1, 0.15) is 49.6 Å². The van der Waals surface area contributed by atoms with Crippen molar-refractivity contribution < 1.29 is 9.53 Å². The SMILES string of the molecule is CCC1CCCCC1Nc1ccnc(C(=O)OC)n1. The quantitative estimate of drug-likeness (QED) is 0.846. The number of hydrogen-bond donors (Lipinski definition) is 1. The van der Waals surface area contributed by atoms with Crippen molar-refractivity contribution in [3.63, 3.8) is 0 Å². The molecule has 1 aromatic heterocycles. The molecule has 1 aliphatic rings. The van der Waals surface area contributed by atoms with Gasteiger partial charge in [-0.05, 0) is 24.8 Å². The van der Waals surface area contributed by atoms with Gasteiger partial charge in [0.2, 0.25) is 5.82 Å². The number of carbonyl (C=O) groups excluding carboxylic acids is 1. The summed E-state index contributed by atoms with van der Waals surface area (Å²) < 4.78 is 4.63. The zero-order valence-electron chi connectivity index (χ0n) is 11.6. The van der Waals surface area contributed by atoms with E-state index in [0.717, 1.165) is 6.42 Å². The third kappa shape index (κ3) is 3.43. The maximum Gasteiger partial charge on any atom is 0.376 e. The minimum absolute atomic E-state index is 0.108. The van der Waals surface area contributed by atoms with Gasteiger partial charge in [-0.15, -0.1) is 0 Å². The van der Waals surface area contributed by atoms with Gasteiger partial charge in [0.1, 0.15) is 5.82 Å². The summed E-state index contributed by atoms with van der Waals surface area (Å²) >= 11 is 0. The van der Waals surface area contributed by atoms with Crippen LogP contribution in [-0.2, 0) is 4.74 Å². The van der Waals surface area contributed by atoms with Crippen molar-refractivity contribution in [2.45, 2.75) is 45.1 Å². The molecule has 5 heteroatoms. The predicted molar refractivity (Wildman–Crippen MR) is 73.0 cm³/mol. The molecule has 1 heterocycles. The van der Waals surface area contributed by atoms with Crippen molar-refractivity contribution in [1.29, 1.82) is 0 Å². The molecule has 1 fully saturated rings. The van der Waals surface area contributed by atoms with Crippen molar-refractivity contribution in [1.82, 2.24) is 9.97 Å². The maximum absolute atomic E-state index is 11.4. The van der Waals surface area contributed by atoms with Crippen LogP contribution >= 0.6 is 0 Å². The molecule has 0 spiro atoms. The number of aromatic nitrogens is 2. The highest BCUT2D eigenvalue weighted by molar-refractivity contribution is 5.85. The number of methoxy groups -OCH3 is 1. The molecule has 0 saturated heterocycles. The Bertz CT molecular complexity index is 436. The molecule has 19 heavy (non-hydrogen) atoms. The van der Waals surface area contributed by atoms with Gasteiger partial charge in [-0.2, -0.15) is 0 Å². The molecule has 0 aliphatic heterocycles. The number of nitrogens with zero attached hydrogens (tertiary/aromatic N) is 2. The zero-order chi connectivity index (χ0) is 13.7. The molecule has 1 saturated carbocycles. The van der Waals surface area contributed by atoms with Crippen LogP contribution in [0, 0.1) is 5.92 Å². The number of esters is 1. The van der Waals surface area contributed by atoms with Crippen LogP contribution in [0.4, 0.5) is 5.82 Å². The first kappa shape index (κ1) is 13.8. The molecule has 5 nitrogen and oxygen atoms in total. The van der Waals surface area contributed by atoms with Gasteiger partial charge >= 0.3 is 5.97 Å². The third-order valence-electron chi connectivity index (χ3n) is 3.79. The summed E-state index contributed by atoms with van der Waals surface area (Å²) in [5, 5.41) is 3.44. The van der Waals surface area contributed by atoms with E-state index in [1.807, 2.05) is 0 Å². The smallest absolute Gasteiger partial charge is 0.376 e. The van der Waals surface area contributed by atoms with Gasteiger partial charge in [0, 0.05) is 12.2 Å². The van der Waals surface area contributed by atoms with E-state index in [1.165, 1.54) is 32.8 Å². The van der Waals surface area contributed by atoms with E-state index in [0.29, 0.717) is 17.8 Å². The number of anilines is 1. The monoisotopic (exact) mass is 263 g/mol. The minimum Gasteiger partial charge on any atom is -0.463 e. The third-order valence-corrected chi connectivity index (χ3v) is 3.79. The largest absolute Gasteiger partial charge is 0.463 e. The summed E-state index contributed by atoms with van der Waals surface area (Å²) in [5.41, 5.74) is 0. The van der Waals surface area contributed by atoms with E-state index in [-0.39, 0.29) is 5.82 Å². The van der Waals surface area contributed by atoms with Crippen molar-refractivity contribution in [3.8, 4) is 0 Å². The highest BCUT2D eigenvalue weighted by atomic mass is 16.5. The van der Waals surface area contributed by atoms with Crippen LogP contribution in [0.25, 0.3) is 0 Å². The Morgan fingerprint density at radius 1 is 1.47 bits per heavy atom. The number of nitrogens with one attached hydrogen (secondary N) is 1. The second-order valence-electron chi connectivity index (χ2n) is 4.96. The van der Waals surface area contributed by atoms with Gasteiger partial charge in [0.05, 0.1) is 7.11 Å². The first-order valence-corrected chi connectivity index (χ1v) is 6.92. The molecule has 0 aromatic carbocycles. The second-order valence-corrected chi connectivity index (χ2v) is 4.96. The van der Waals surface area contributed by atoms with Crippen LogP contribution in [-0.4, -0.2) is 29.1 Å². The molecular formula is C14H21N3O2. The van der Waals surface area contributed by atoms with Crippen LogP contribution in [0.15, 0.2) is 12.3 Å². The topological polar surface area (TPSA) is 64.1 Å². The average Bonchev–Trinajstić information content (AvgIpc) is 2.47. The minimum atomic E-state index is -0.501. The highest BCUT2D eigenvalue weighted by Crippen LogP contribution is 2.28. The summed E-state index contributed by atoms with van der Waals surface area (Å²) in [6, 6.07) is 2.24. The number of ether oxygens (including phenoxy) is 1. The van der Waals surface area contributed by atoms with E-state index < -0.39 is 5.97 Å². The summed E-state index contributed by atoms with van der Waals surface area (Å²) in [6.45, 7) is 2.23. The Kier molecular flexibility index (Phi) is 4.71. The molecule has 0 radical (unpaired) electrons. The molecule has 2 rings (SSSR count). The Labute approximate surface area is 113 Å². The lowest BCUT2D eigenvalue weighted by atomic mass is 9.83. The number of rotatable bonds is 4. The molecule has 1 aliphatic carbocycles. The van der Waals surface area contributed by atoms with Crippen molar-refractivity contribution in [3.05, 3.63) is 18.1 Å². The molecule has 1 N–H and O–H groups in total. The molecule has 0 amide bonds. The Hall–Kier alpha value is -1.65. The molecule has 104 valence electrons. The van der Waals surface area contributed by atoms with Gasteiger partial charge in [-0.25, -0.2) is 14.8 Å². The van der Waals surface area contributed by atoms with Gasteiger partial charge in [-0.3, -0.25) is 0 Å². The highest BCUT2D eigenvalue weighted by Gasteiger charge is 2.24. The van der Waals surface area contributed by atoms with Crippen LogP contribution < -0.4 is 5.32 Å². The van der Waals surface area contributed by atoms with Crippen LogP contribution in [0.2, 0.25) is 0 Å². The fourth-order valence-electron chi connectivity index (χ4n) is 2.70. The summed E-state index contributed by atoms with van der Waals surface area (Å²) in [4.78, 5) is 19.5. The lowest BCUT2D eigenvalue weighted by Crippen LogP contribution is -2.32. The van der Waals surface area contributed by atoms with Gasteiger partial charge in [-0.1, -0.05) is 26.2 Å². The van der Waals surface area contributed by atoms with Gasteiger partial charge in [0.25, 0.3) is 0 Å². The maximum atomic E-state index is 11.4. The van der Waals surface area contributed by atoms with Gasteiger partial charge in [0.15, 0.2) is 0 Å². The predicted octanol–water partition coefficient (Wildman–Crippen LogP) is 2.64. The normalized spacial score (nSPS) is 22.8. The van der Waals surface area contributed by atoms with Crippen molar-refractivity contribution in [2.75, 3.05) is 12.4 Å². The number of hydrogen-bond acceptors (Lipinski definition) is 5. The van der Waals surface area contributed by atoms with Crippen LogP contribution in [0.3, 0.4) is 0 Å². The number of carbonyl (C=O) groups is 1. The molecule has 2 atom stereocenters. The van der Waals surface area contributed by atoms with Crippen molar-refractivity contribution >= 4 is 11.8 Å². The summed E-state index contributed by atoms with van der Waals surface area (Å²) in [6.07, 6.45) is 7.76. The van der Waals surface area contributed by atoms with Crippen LogP contribution in [0.5, 0.6) is 0 Å².